The quantitative estimate of drug-likeness (QED) is 0.736. The van der Waals surface area contributed by atoms with Crippen molar-refractivity contribution in [1.82, 2.24) is 5.32 Å². The van der Waals surface area contributed by atoms with E-state index in [4.69, 9.17) is 5.73 Å². The van der Waals surface area contributed by atoms with Gasteiger partial charge in [0.05, 0.1) is 13.1 Å². The zero-order chi connectivity index (χ0) is 12.7. The molecule has 1 rings (SSSR count). The Bertz CT molecular complexity index is 393. The average Bonchev–Trinajstić information content (AvgIpc) is 2.36. The summed E-state index contributed by atoms with van der Waals surface area (Å²) in [5.74, 6) is -0.613. The zero-order valence-corrected chi connectivity index (χ0v) is 11.0. The Balaban J connectivity index is 0.00000289. The molecule has 4 N–H and O–H groups in total. The summed E-state index contributed by atoms with van der Waals surface area (Å²) in [7, 11) is 0. The third kappa shape index (κ3) is 5.65. The molecule has 0 aliphatic heterocycles. The first-order chi connectivity index (χ1) is 8.15. The largest absolute Gasteiger partial charge is 0.346 e. The van der Waals surface area contributed by atoms with Gasteiger partial charge >= 0.3 is 0 Å². The molecule has 5 nitrogen and oxygen atoms in total. The number of amides is 2. The van der Waals surface area contributed by atoms with Crippen LogP contribution < -0.4 is 16.4 Å². The maximum atomic E-state index is 11.4. The fraction of sp³-hybridized carbons (Fsp3) is 0.333. The molecule has 0 spiro atoms. The molecule has 0 aliphatic rings. The Hall–Kier alpha value is -1.59. The maximum Gasteiger partial charge on any atom is 0.243 e. The standard InChI is InChI=1S/C12H17N3O2.ClH/c1-2-9-3-5-10(6-4-9)15-12(17)8-14-11(16)7-13;/h3-6H,2,7-8,13H2,1H3,(H,14,16)(H,15,17);1H. The molecule has 1 aromatic rings. The van der Waals surface area contributed by atoms with Crippen molar-refractivity contribution in [2.75, 3.05) is 18.4 Å². The van der Waals surface area contributed by atoms with Crippen molar-refractivity contribution >= 4 is 29.9 Å². The number of hydrogen-bond donors (Lipinski definition) is 3. The molecule has 0 bridgehead atoms. The molecular formula is C12H18ClN3O2. The first-order valence-electron chi connectivity index (χ1n) is 5.51. The summed E-state index contributed by atoms with van der Waals surface area (Å²) in [6.07, 6.45) is 0.959. The highest BCUT2D eigenvalue weighted by Crippen LogP contribution is 2.09. The van der Waals surface area contributed by atoms with Gasteiger partial charge in [0, 0.05) is 5.69 Å². The van der Waals surface area contributed by atoms with E-state index in [1.165, 1.54) is 5.56 Å². The minimum Gasteiger partial charge on any atom is -0.346 e. The van der Waals surface area contributed by atoms with Gasteiger partial charge in [-0.3, -0.25) is 9.59 Å². The van der Waals surface area contributed by atoms with Gasteiger partial charge in [0.1, 0.15) is 0 Å². The van der Waals surface area contributed by atoms with Crippen LogP contribution in [0.1, 0.15) is 12.5 Å². The molecule has 0 aliphatic carbocycles. The number of nitrogens with one attached hydrogen (secondary N) is 2. The van der Waals surface area contributed by atoms with Crippen molar-refractivity contribution in [1.29, 1.82) is 0 Å². The summed E-state index contributed by atoms with van der Waals surface area (Å²) in [5, 5.41) is 5.08. The van der Waals surface area contributed by atoms with Crippen LogP contribution in [0.4, 0.5) is 5.69 Å². The molecule has 0 unspecified atom stereocenters. The number of hydrogen-bond acceptors (Lipinski definition) is 3. The van der Waals surface area contributed by atoms with Crippen LogP contribution in [-0.4, -0.2) is 24.9 Å². The molecular weight excluding hydrogens is 254 g/mol. The number of rotatable bonds is 5. The number of halogens is 1. The van der Waals surface area contributed by atoms with Crippen molar-refractivity contribution in [2.45, 2.75) is 13.3 Å². The number of nitrogens with two attached hydrogens (primary N) is 1. The van der Waals surface area contributed by atoms with E-state index in [9.17, 15) is 9.59 Å². The topological polar surface area (TPSA) is 84.2 Å². The predicted molar refractivity (Wildman–Crippen MR) is 73.8 cm³/mol. The molecule has 0 saturated heterocycles. The van der Waals surface area contributed by atoms with Gasteiger partial charge in [-0.1, -0.05) is 19.1 Å². The number of carbonyl (C=O) groups is 2. The first kappa shape index (κ1) is 16.4. The van der Waals surface area contributed by atoms with Gasteiger partial charge in [0.2, 0.25) is 11.8 Å². The first-order valence-corrected chi connectivity index (χ1v) is 5.51. The predicted octanol–water partition coefficient (Wildman–Crippen LogP) is 0.684. The minimum absolute atomic E-state index is 0. The normalized spacial score (nSPS) is 9.22. The van der Waals surface area contributed by atoms with Gasteiger partial charge in [-0.25, -0.2) is 0 Å². The van der Waals surface area contributed by atoms with Crippen molar-refractivity contribution in [3.8, 4) is 0 Å². The molecule has 100 valence electrons. The van der Waals surface area contributed by atoms with E-state index in [-0.39, 0.29) is 37.3 Å². The second kappa shape index (κ2) is 8.49. The smallest absolute Gasteiger partial charge is 0.243 e. The Labute approximate surface area is 113 Å². The van der Waals surface area contributed by atoms with E-state index < -0.39 is 0 Å². The van der Waals surface area contributed by atoms with Crippen LogP contribution in [-0.2, 0) is 16.0 Å². The monoisotopic (exact) mass is 271 g/mol. The van der Waals surface area contributed by atoms with E-state index >= 15 is 0 Å². The molecule has 1 aromatic carbocycles. The molecule has 0 aromatic heterocycles. The zero-order valence-electron chi connectivity index (χ0n) is 10.2. The maximum absolute atomic E-state index is 11.4. The lowest BCUT2D eigenvalue weighted by molar-refractivity contribution is -0.123. The van der Waals surface area contributed by atoms with Crippen LogP contribution in [0.25, 0.3) is 0 Å². The fourth-order valence-electron chi connectivity index (χ4n) is 1.28. The highest BCUT2D eigenvalue weighted by molar-refractivity contribution is 5.94. The number of anilines is 1. The summed E-state index contributed by atoms with van der Waals surface area (Å²) >= 11 is 0. The number of benzene rings is 1. The molecule has 2 amide bonds. The summed E-state index contributed by atoms with van der Waals surface area (Å²) in [6.45, 7) is 1.89. The van der Waals surface area contributed by atoms with Crippen LogP contribution in [0.2, 0.25) is 0 Å². The van der Waals surface area contributed by atoms with Crippen molar-refractivity contribution < 1.29 is 9.59 Å². The summed E-state index contributed by atoms with van der Waals surface area (Å²) in [5.41, 5.74) is 7.02. The SMILES string of the molecule is CCc1ccc(NC(=O)CNC(=O)CN)cc1.Cl. The van der Waals surface area contributed by atoms with Crippen LogP contribution in [0, 0.1) is 0 Å². The van der Waals surface area contributed by atoms with Gasteiger partial charge in [0.15, 0.2) is 0 Å². The minimum atomic E-state index is -0.346. The van der Waals surface area contributed by atoms with Gasteiger partial charge in [-0.05, 0) is 24.1 Å². The summed E-state index contributed by atoms with van der Waals surface area (Å²) < 4.78 is 0. The van der Waals surface area contributed by atoms with Gasteiger partial charge < -0.3 is 16.4 Å². The van der Waals surface area contributed by atoms with Gasteiger partial charge in [-0.2, -0.15) is 0 Å². The molecule has 0 fully saturated rings. The van der Waals surface area contributed by atoms with E-state index in [0.717, 1.165) is 6.42 Å². The highest BCUT2D eigenvalue weighted by atomic mass is 35.5. The van der Waals surface area contributed by atoms with Crippen LogP contribution in [0.15, 0.2) is 24.3 Å². The lowest BCUT2D eigenvalue weighted by Gasteiger charge is -2.06. The van der Waals surface area contributed by atoms with E-state index in [2.05, 4.69) is 17.6 Å². The highest BCUT2D eigenvalue weighted by Gasteiger charge is 2.04. The lowest BCUT2D eigenvalue weighted by Crippen LogP contribution is -2.36. The van der Waals surface area contributed by atoms with Crippen LogP contribution in [0.3, 0.4) is 0 Å². The Morgan fingerprint density at radius 2 is 1.78 bits per heavy atom. The number of aryl methyl sites for hydroxylation is 1. The Kier molecular flexibility index (Phi) is 7.74. The van der Waals surface area contributed by atoms with E-state index in [1.807, 2.05) is 24.3 Å². The Morgan fingerprint density at radius 1 is 1.17 bits per heavy atom. The van der Waals surface area contributed by atoms with Gasteiger partial charge in [0.25, 0.3) is 0 Å². The van der Waals surface area contributed by atoms with Crippen LogP contribution in [0.5, 0.6) is 0 Å². The molecule has 0 radical (unpaired) electrons. The van der Waals surface area contributed by atoms with Crippen molar-refractivity contribution in [2.24, 2.45) is 5.73 Å². The van der Waals surface area contributed by atoms with Crippen LogP contribution >= 0.6 is 12.4 Å². The molecule has 18 heavy (non-hydrogen) atoms. The lowest BCUT2D eigenvalue weighted by atomic mass is 10.1. The molecule has 0 atom stereocenters. The van der Waals surface area contributed by atoms with E-state index in [0.29, 0.717) is 5.69 Å². The second-order valence-corrected chi connectivity index (χ2v) is 3.58. The number of carbonyl (C=O) groups excluding carboxylic acids is 2. The molecule has 0 saturated carbocycles. The summed E-state index contributed by atoms with van der Waals surface area (Å²) in [4.78, 5) is 22.3. The molecule has 6 heteroatoms. The third-order valence-corrected chi connectivity index (χ3v) is 2.28. The molecule has 0 heterocycles. The van der Waals surface area contributed by atoms with Crippen molar-refractivity contribution in [3.05, 3.63) is 29.8 Å². The van der Waals surface area contributed by atoms with E-state index in [1.54, 1.807) is 0 Å². The Morgan fingerprint density at radius 3 is 2.28 bits per heavy atom. The van der Waals surface area contributed by atoms with Crippen molar-refractivity contribution in [3.63, 3.8) is 0 Å². The second-order valence-electron chi connectivity index (χ2n) is 3.58. The van der Waals surface area contributed by atoms with Gasteiger partial charge in [-0.15, -0.1) is 12.4 Å². The average molecular weight is 272 g/mol. The fourth-order valence-corrected chi connectivity index (χ4v) is 1.28. The summed E-state index contributed by atoms with van der Waals surface area (Å²) in [6, 6.07) is 7.57. The third-order valence-electron chi connectivity index (χ3n) is 2.28.